The summed E-state index contributed by atoms with van der Waals surface area (Å²) in [7, 11) is 0. The minimum atomic E-state index is 0.327. The molecule has 11 heavy (non-hydrogen) atoms. The number of aliphatic hydroxyl groups is 1. The lowest BCUT2D eigenvalue weighted by molar-refractivity contribution is 0.163. The largest absolute Gasteiger partial charge is 0.395 e. The summed E-state index contributed by atoms with van der Waals surface area (Å²) in [5.41, 5.74) is 0. The molecule has 0 aromatic rings. The van der Waals surface area contributed by atoms with Crippen LogP contribution in [-0.2, 0) is 0 Å². The van der Waals surface area contributed by atoms with Crippen LogP contribution in [0, 0.1) is 5.92 Å². The third kappa shape index (κ3) is 2.46. The molecule has 65 valence electrons. The SMILES string of the molecule is C[C](C)CN1CCC[C@H]1CO. The summed E-state index contributed by atoms with van der Waals surface area (Å²) >= 11 is 0. The summed E-state index contributed by atoms with van der Waals surface area (Å²) in [6, 6.07) is 0.435. The number of rotatable bonds is 3. The highest BCUT2D eigenvalue weighted by Gasteiger charge is 2.23. The number of hydrogen-bond acceptors (Lipinski definition) is 2. The molecule has 1 aliphatic heterocycles. The predicted octanol–water partition coefficient (Wildman–Crippen LogP) is 1.06. The van der Waals surface area contributed by atoms with Crippen LogP contribution >= 0.6 is 0 Å². The van der Waals surface area contributed by atoms with E-state index in [-0.39, 0.29) is 0 Å². The first-order chi connectivity index (χ1) is 5.24. The molecule has 1 aliphatic rings. The second-order valence-corrected chi connectivity index (χ2v) is 3.66. The van der Waals surface area contributed by atoms with E-state index in [1.54, 1.807) is 0 Å². The number of nitrogens with zero attached hydrogens (tertiary/aromatic N) is 1. The Kier molecular flexibility index (Phi) is 3.34. The molecule has 0 unspecified atom stereocenters. The second kappa shape index (κ2) is 4.07. The zero-order valence-electron chi connectivity index (χ0n) is 7.51. The first-order valence-electron chi connectivity index (χ1n) is 4.38. The average molecular weight is 156 g/mol. The lowest BCUT2D eigenvalue weighted by Crippen LogP contribution is -2.34. The van der Waals surface area contributed by atoms with Crippen LogP contribution in [0.4, 0.5) is 0 Å². The Morgan fingerprint density at radius 2 is 2.27 bits per heavy atom. The van der Waals surface area contributed by atoms with E-state index in [2.05, 4.69) is 18.7 Å². The summed E-state index contributed by atoms with van der Waals surface area (Å²) in [6.07, 6.45) is 2.42. The standard InChI is InChI=1S/C9H18NO/c1-8(2)6-10-5-3-4-9(10)7-11/h9,11H,3-7H2,1-2H3/t9-/m0/s1. The summed E-state index contributed by atoms with van der Waals surface area (Å²) in [5.74, 6) is 1.44. The van der Waals surface area contributed by atoms with Gasteiger partial charge in [0.2, 0.25) is 0 Å². The van der Waals surface area contributed by atoms with E-state index in [0.717, 1.165) is 13.1 Å². The molecule has 0 aromatic carbocycles. The van der Waals surface area contributed by atoms with E-state index >= 15 is 0 Å². The van der Waals surface area contributed by atoms with Gasteiger partial charge in [-0.1, -0.05) is 13.8 Å². The van der Waals surface area contributed by atoms with Crippen molar-refractivity contribution in [3.63, 3.8) is 0 Å². The number of aliphatic hydroxyl groups excluding tert-OH is 1. The molecule has 1 saturated heterocycles. The van der Waals surface area contributed by atoms with Gasteiger partial charge >= 0.3 is 0 Å². The van der Waals surface area contributed by atoms with Gasteiger partial charge in [-0.2, -0.15) is 0 Å². The Balaban J connectivity index is 2.31. The van der Waals surface area contributed by atoms with Crippen molar-refractivity contribution in [2.75, 3.05) is 19.7 Å². The zero-order valence-corrected chi connectivity index (χ0v) is 7.51. The van der Waals surface area contributed by atoms with Gasteiger partial charge in [0.15, 0.2) is 0 Å². The van der Waals surface area contributed by atoms with Gasteiger partial charge in [0.1, 0.15) is 0 Å². The molecular formula is C9H18NO. The zero-order chi connectivity index (χ0) is 8.27. The normalized spacial score (nSPS) is 26.7. The molecule has 1 radical (unpaired) electrons. The van der Waals surface area contributed by atoms with E-state index in [1.165, 1.54) is 18.8 Å². The first-order valence-corrected chi connectivity index (χ1v) is 4.38. The molecule has 1 rings (SSSR count). The Morgan fingerprint density at radius 3 is 2.82 bits per heavy atom. The molecule has 1 atom stereocenters. The fourth-order valence-corrected chi connectivity index (χ4v) is 1.72. The Morgan fingerprint density at radius 1 is 1.55 bits per heavy atom. The first kappa shape index (κ1) is 9.01. The molecule has 0 spiro atoms. The van der Waals surface area contributed by atoms with Gasteiger partial charge in [-0.25, -0.2) is 0 Å². The predicted molar refractivity (Wildman–Crippen MR) is 46.3 cm³/mol. The van der Waals surface area contributed by atoms with Crippen molar-refractivity contribution >= 4 is 0 Å². The van der Waals surface area contributed by atoms with Gasteiger partial charge in [0.05, 0.1) is 6.61 Å². The molecular weight excluding hydrogens is 138 g/mol. The topological polar surface area (TPSA) is 23.5 Å². The summed E-state index contributed by atoms with van der Waals surface area (Å²) in [4.78, 5) is 2.37. The summed E-state index contributed by atoms with van der Waals surface area (Å²) < 4.78 is 0. The molecule has 0 aromatic heterocycles. The Labute approximate surface area is 69.2 Å². The van der Waals surface area contributed by atoms with Crippen LogP contribution in [0.5, 0.6) is 0 Å². The van der Waals surface area contributed by atoms with Gasteiger partial charge < -0.3 is 5.11 Å². The third-order valence-corrected chi connectivity index (χ3v) is 2.23. The maximum Gasteiger partial charge on any atom is 0.0586 e. The van der Waals surface area contributed by atoms with E-state index < -0.39 is 0 Å². The van der Waals surface area contributed by atoms with Crippen LogP contribution in [0.25, 0.3) is 0 Å². The summed E-state index contributed by atoms with van der Waals surface area (Å²) in [6.45, 7) is 6.84. The van der Waals surface area contributed by atoms with Gasteiger partial charge in [-0.3, -0.25) is 4.90 Å². The van der Waals surface area contributed by atoms with Gasteiger partial charge in [0, 0.05) is 12.6 Å². The Bertz CT molecular complexity index is 114. The molecule has 0 amide bonds. The monoisotopic (exact) mass is 156 g/mol. The molecule has 0 aliphatic carbocycles. The lowest BCUT2D eigenvalue weighted by Gasteiger charge is -2.23. The average Bonchev–Trinajstić information content (AvgIpc) is 2.34. The van der Waals surface area contributed by atoms with E-state index in [1.807, 2.05) is 0 Å². The quantitative estimate of drug-likeness (QED) is 0.660. The van der Waals surface area contributed by atoms with Crippen molar-refractivity contribution in [1.29, 1.82) is 0 Å². The van der Waals surface area contributed by atoms with Crippen LogP contribution < -0.4 is 0 Å². The van der Waals surface area contributed by atoms with Crippen molar-refractivity contribution in [2.24, 2.45) is 0 Å². The van der Waals surface area contributed by atoms with Crippen molar-refractivity contribution in [3.8, 4) is 0 Å². The fraction of sp³-hybridized carbons (Fsp3) is 0.889. The molecule has 1 fully saturated rings. The maximum atomic E-state index is 9.00. The van der Waals surface area contributed by atoms with E-state index in [4.69, 9.17) is 5.11 Å². The van der Waals surface area contributed by atoms with Crippen molar-refractivity contribution < 1.29 is 5.11 Å². The fourth-order valence-electron chi connectivity index (χ4n) is 1.72. The molecule has 1 heterocycles. The number of hydrogen-bond donors (Lipinski definition) is 1. The third-order valence-electron chi connectivity index (χ3n) is 2.23. The van der Waals surface area contributed by atoms with Crippen molar-refractivity contribution in [2.45, 2.75) is 32.7 Å². The molecule has 2 heteroatoms. The Hall–Kier alpha value is -0.0800. The lowest BCUT2D eigenvalue weighted by atomic mass is 10.2. The summed E-state index contributed by atoms with van der Waals surface area (Å²) in [5, 5.41) is 9.00. The van der Waals surface area contributed by atoms with Gasteiger partial charge in [-0.15, -0.1) is 0 Å². The van der Waals surface area contributed by atoms with Crippen LogP contribution in [0.1, 0.15) is 26.7 Å². The molecule has 1 N–H and O–H groups in total. The molecule has 2 nitrogen and oxygen atoms in total. The highest BCUT2D eigenvalue weighted by atomic mass is 16.3. The molecule has 0 saturated carbocycles. The van der Waals surface area contributed by atoms with Gasteiger partial charge in [-0.05, 0) is 25.3 Å². The number of likely N-dealkylation sites (tertiary alicyclic amines) is 1. The smallest absolute Gasteiger partial charge is 0.0586 e. The highest BCUT2D eigenvalue weighted by Crippen LogP contribution is 2.18. The molecule has 0 bridgehead atoms. The van der Waals surface area contributed by atoms with E-state index in [0.29, 0.717) is 12.6 Å². The highest BCUT2D eigenvalue weighted by molar-refractivity contribution is 4.88. The van der Waals surface area contributed by atoms with E-state index in [9.17, 15) is 0 Å². The van der Waals surface area contributed by atoms with Crippen LogP contribution in [0.2, 0.25) is 0 Å². The second-order valence-electron chi connectivity index (χ2n) is 3.66. The van der Waals surface area contributed by atoms with Crippen molar-refractivity contribution in [3.05, 3.63) is 5.92 Å². The van der Waals surface area contributed by atoms with Crippen LogP contribution in [-0.4, -0.2) is 35.7 Å². The minimum Gasteiger partial charge on any atom is -0.395 e. The van der Waals surface area contributed by atoms with Crippen LogP contribution in [0.3, 0.4) is 0 Å². The minimum absolute atomic E-state index is 0.327. The van der Waals surface area contributed by atoms with Gasteiger partial charge in [0.25, 0.3) is 0 Å². The van der Waals surface area contributed by atoms with Crippen molar-refractivity contribution in [1.82, 2.24) is 4.90 Å². The maximum absolute atomic E-state index is 9.00. The van der Waals surface area contributed by atoms with Crippen LogP contribution in [0.15, 0.2) is 0 Å².